The Bertz CT molecular complexity index is 715. The second-order valence-electron chi connectivity index (χ2n) is 5.08. The van der Waals surface area contributed by atoms with E-state index in [2.05, 4.69) is 58.2 Å². The Morgan fingerprint density at radius 2 is 1.85 bits per heavy atom. The summed E-state index contributed by atoms with van der Waals surface area (Å²) in [6.07, 6.45) is 1.92. The molecule has 0 radical (unpaired) electrons. The van der Waals surface area contributed by atoms with Gasteiger partial charge in [-0.1, -0.05) is 36.4 Å². The second-order valence-corrected chi connectivity index (χ2v) is 5.08. The van der Waals surface area contributed by atoms with Crippen molar-refractivity contribution in [1.29, 1.82) is 0 Å². The van der Waals surface area contributed by atoms with Crippen molar-refractivity contribution in [3.05, 3.63) is 66.0 Å². The largest absolute Gasteiger partial charge is 0.329 e. The van der Waals surface area contributed by atoms with Crippen molar-refractivity contribution in [2.75, 3.05) is 7.05 Å². The fraction of sp³-hybridized carbons (Fsp3) is 0.235. The predicted molar refractivity (Wildman–Crippen MR) is 82.7 cm³/mol. The van der Waals surface area contributed by atoms with Crippen LogP contribution in [0.4, 0.5) is 0 Å². The molecule has 1 heterocycles. The molecule has 0 fully saturated rings. The minimum Gasteiger partial charge on any atom is -0.329 e. The fourth-order valence-electron chi connectivity index (χ4n) is 2.68. The highest BCUT2D eigenvalue weighted by atomic mass is 15.1. The van der Waals surface area contributed by atoms with Crippen LogP contribution in [0.3, 0.4) is 0 Å². The Morgan fingerprint density at radius 3 is 2.65 bits per heavy atom. The number of benzene rings is 2. The highest BCUT2D eigenvalue weighted by molar-refractivity contribution is 5.74. The number of nitrogens with one attached hydrogen (secondary N) is 1. The first kappa shape index (κ1) is 12.9. The average molecular weight is 265 g/mol. The summed E-state index contributed by atoms with van der Waals surface area (Å²) in [7, 11) is 2.01. The maximum absolute atomic E-state index is 4.46. The molecule has 0 bridgehead atoms. The normalized spacial score (nSPS) is 12.7. The van der Waals surface area contributed by atoms with Gasteiger partial charge in [-0.15, -0.1) is 0 Å². The van der Waals surface area contributed by atoms with Crippen LogP contribution in [0, 0.1) is 6.92 Å². The van der Waals surface area contributed by atoms with Gasteiger partial charge in [0.15, 0.2) is 0 Å². The van der Waals surface area contributed by atoms with Crippen molar-refractivity contribution in [1.82, 2.24) is 14.9 Å². The molecule has 0 saturated heterocycles. The Kier molecular flexibility index (Phi) is 3.52. The second kappa shape index (κ2) is 5.47. The number of fused-ring (bicyclic) bond motifs is 1. The summed E-state index contributed by atoms with van der Waals surface area (Å²) in [6, 6.07) is 17.1. The van der Waals surface area contributed by atoms with Gasteiger partial charge in [0.1, 0.15) is 0 Å². The molecule has 2 aromatic carbocycles. The molecule has 1 unspecified atom stereocenters. The van der Waals surface area contributed by atoms with E-state index in [9.17, 15) is 0 Å². The first-order valence-corrected chi connectivity index (χ1v) is 6.92. The van der Waals surface area contributed by atoms with Crippen molar-refractivity contribution in [3.8, 4) is 0 Å². The van der Waals surface area contributed by atoms with Crippen molar-refractivity contribution < 1.29 is 0 Å². The van der Waals surface area contributed by atoms with Crippen LogP contribution in [-0.4, -0.2) is 16.6 Å². The average Bonchev–Trinajstić information content (AvgIpc) is 2.89. The Morgan fingerprint density at radius 1 is 1.10 bits per heavy atom. The summed E-state index contributed by atoms with van der Waals surface area (Å²) in [4.78, 5) is 4.46. The zero-order valence-corrected chi connectivity index (χ0v) is 11.9. The van der Waals surface area contributed by atoms with Gasteiger partial charge in [-0.25, -0.2) is 4.98 Å². The van der Waals surface area contributed by atoms with Crippen LogP contribution >= 0.6 is 0 Å². The van der Waals surface area contributed by atoms with Gasteiger partial charge in [0.25, 0.3) is 0 Å². The SMILES string of the molecule is CNC(Cn1cnc2ccccc21)c1ccccc1C. The van der Waals surface area contributed by atoms with E-state index in [4.69, 9.17) is 0 Å². The van der Waals surface area contributed by atoms with Crippen molar-refractivity contribution in [2.45, 2.75) is 19.5 Å². The van der Waals surface area contributed by atoms with Crippen molar-refractivity contribution >= 4 is 11.0 Å². The summed E-state index contributed by atoms with van der Waals surface area (Å²) in [5, 5.41) is 3.41. The number of likely N-dealkylation sites (N-methyl/N-ethyl adjacent to an activating group) is 1. The van der Waals surface area contributed by atoms with Gasteiger partial charge < -0.3 is 9.88 Å². The minimum atomic E-state index is 0.286. The molecule has 0 saturated carbocycles. The van der Waals surface area contributed by atoms with Crippen molar-refractivity contribution in [3.63, 3.8) is 0 Å². The number of hydrogen-bond donors (Lipinski definition) is 1. The fourth-order valence-corrected chi connectivity index (χ4v) is 2.68. The number of aryl methyl sites for hydroxylation is 1. The number of nitrogens with zero attached hydrogens (tertiary/aromatic N) is 2. The number of hydrogen-bond acceptors (Lipinski definition) is 2. The maximum atomic E-state index is 4.46. The summed E-state index contributed by atoms with van der Waals surface area (Å²) < 4.78 is 2.21. The van der Waals surface area contributed by atoms with Gasteiger partial charge in [-0.2, -0.15) is 0 Å². The quantitative estimate of drug-likeness (QED) is 0.784. The topological polar surface area (TPSA) is 29.9 Å². The van der Waals surface area contributed by atoms with Gasteiger partial charge in [-0.3, -0.25) is 0 Å². The number of para-hydroxylation sites is 2. The van der Waals surface area contributed by atoms with E-state index in [-0.39, 0.29) is 6.04 Å². The van der Waals surface area contributed by atoms with Crippen LogP contribution in [-0.2, 0) is 6.54 Å². The molecule has 0 aliphatic heterocycles. The van der Waals surface area contributed by atoms with E-state index in [0.29, 0.717) is 0 Å². The highest BCUT2D eigenvalue weighted by Crippen LogP contribution is 2.21. The minimum absolute atomic E-state index is 0.286. The van der Waals surface area contributed by atoms with E-state index in [1.54, 1.807) is 0 Å². The Hall–Kier alpha value is -2.13. The molecule has 0 aliphatic carbocycles. The molecule has 3 rings (SSSR count). The molecular formula is C17H19N3. The monoisotopic (exact) mass is 265 g/mol. The molecule has 0 aliphatic rings. The van der Waals surface area contributed by atoms with Crippen LogP contribution in [0.5, 0.6) is 0 Å². The molecule has 20 heavy (non-hydrogen) atoms. The van der Waals surface area contributed by atoms with Gasteiger partial charge in [0.05, 0.1) is 23.4 Å². The number of rotatable bonds is 4. The lowest BCUT2D eigenvalue weighted by Gasteiger charge is -2.19. The van der Waals surface area contributed by atoms with Gasteiger partial charge in [0, 0.05) is 6.54 Å². The molecule has 1 N–H and O–H groups in total. The standard InChI is InChI=1S/C17H19N3/c1-13-7-3-4-8-14(13)16(18-2)11-20-12-19-15-9-5-6-10-17(15)20/h3-10,12,16,18H,11H2,1-2H3. The third-order valence-electron chi connectivity index (χ3n) is 3.82. The Balaban J connectivity index is 1.94. The van der Waals surface area contributed by atoms with Gasteiger partial charge in [0.2, 0.25) is 0 Å². The molecule has 0 spiro atoms. The third kappa shape index (κ3) is 2.32. The lowest BCUT2D eigenvalue weighted by molar-refractivity contribution is 0.506. The maximum Gasteiger partial charge on any atom is 0.0958 e. The third-order valence-corrected chi connectivity index (χ3v) is 3.82. The first-order chi connectivity index (χ1) is 9.79. The van der Waals surface area contributed by atoms with E-state index >= 15 is 0 Å². The van der Waals surface area contributed by atoms with Crippen LogP contribution < -0.4 is 5.32 Å². The van der Waals surface area contributed by atoms with Crippen LogP contribution in [0.25, 0.3) is 11.0 Å². The van der Waals surface area contributed by atoms with E-state index in [1.165, 1.54) is 16.6 Å². The smallest absolute Gasteiger partial charge is 0.0958 e. The summed E-state index contributed by atoms with van der Waals surface area (Å²) >= 11 is 0. The lowest BCUT2D eigenvalue weighted by atomic mass is 10.0. The number of imidazole rings is 1. The molecule has 3 aromatic rings. The lowest BCUT2D eigenvalue weighted by Crippen LogP contribution is -2.22. The van der Waals surface area contributed by atoms with Crippen LogP contribution in [0.15, 0.2) is 54.9 Å². The zero-order chi connectivity index (χ0) is 13.9. The van der Waals surface area contributed by atoms with Crippen molar-refractivity contribution in [2.24, 2.45) is 0 Å². The van der Waals surface area contributed by atoms with E-state index < -0.39 is 0 Å². The van der Waals surface area contributed by atoms with Gasteiger partial charge >= 0.3 is 0 Å². The van der Waals surface area contributed by atoms with E-state index in [0.717, 1.165) is 12.1 Å². The van der Waals surface area contributed by atoms with Crippen LogP contribution in [0.1, 0.15) is 17.2 Å². The molecule has 3 nitrogen and oxygen atoms in total. The molecule has 102 valence electrons. The van der Waals surface area contributed by atoms with E-state index in [1.807, 2.05) is 25.5 Å². The molecule has 0 amide bonds. The summed E-state index contributed by atoms with van der Waals surface area (Å²) in [6.45, 7) is 3.04. The first-order valence-electron chi connectivity index (χ1n) is 6.92. The molecular weight excluding hydrogens is 246 g/mol. The molecule has 3 heteroatoms. The Labute approximate surface area is 119 Å². The highest BCUT2D eigenvalue weighted by Gasteiger charge is 2.13. The van der Waals surface area contributed by atoms with Crippen LogP contribution in [0.2, 0.25) is 0 Å². The number of aromatic nitrogens is 2. The molecule has 1 aromatic heterocycles. The predicted octanol–water partition coefficient (Wildman–Crippen LogP) is 3.31. The summed E-state index contributed by atoms with van der Waals surface area (Å²) in [5.41, 5.74) is 4.89. The summed E-state index contributed by atoms with van der Waals surface area (Å²) in [5.74, 6) is 0. The molecule has 1 atom stereocenters. The van der Waals surface area contributed by atoms with Gasteiger partial charge in [-0.05, 0) is 37.2 Å². The zero-order valence-electron chi connectivity index (χ0n) is 11.9.